The SMILES string of the molecule is CCS(=O)(=O)c1ccc(C=C(C)C2=Cc3cc(OC)ccc3OC2)cc1. The van der Waals surface area contributed by atoms with E-state index in [1.807, 2.05) is 43.3 Å². The van der Waals surface area contributed by atoms with E-state index in [0.717, 1.165) is 33.8 Å². The van der Waals surface area contributed by atoms with Crippen LogP contribution in [0.1, 0.15) is 25.0 Å². The van der Waals surface area contributed by atoms with Gasteiger partial charge in [0.2, 0.25) is 0 Å². The lowest BCUT2D eigenvalue weighted by Crippen LogP contribution is -2.08. The monoisotopic (exact) mass is 370 g/mol. The van der Waals surface area contributed by atoms with Crippen LogP contribution in [0.4, 0.5) is 0 Å². The van der Waals surface area contributed by atoms with E-state index in [0.29, 0.717) is 11.5 Å². The van der Waals surface area contributed by atoms with Crippen LogP contribution in [-0.4, -0.2) is 27.9 Å². The molecule has 3 rings (SSSR count). The van der Waals surface area contributed by atoms with Crippen LogP contribution in [0.25, 0.3) is 12.2 Å². The van der Waals surface area contributed by atoms with E-state index < -0.39 is 9.84 Å². The summed E-state index contributed by atoms with van der Waals surface area (Å²) >= 11 is 0. The summed E-state index contributed by atoms with van der Waals surface area (Å²) < 4.78 is 34.9. The van der Waals surface area contributed by atoms with Crippen molar-refractivity contribution in [1.82, 2.24) is 0 Å². The summed E-state index contributed by atoms with van der Waals surface area (Å²) in [4.78, 5) is 0.357. The van der Waals surface area contributed by atoms with Crippen molar-refractivity contribution >= 4 is 22.0 Å². The topological polar surface area (TPSA) is 52.6 Å². The molecule has 1 aliphatic rings. The molecule has 2 aromatic carbocycles. The third-order valence-electron chi connectivity index (χ3n) is 4.44. The van der Waals surface area contributed by atoms with Crippen LogP contribution < -0.4 is 9.47 Å². The molecule has 0 unspecified atom stereocenters. The number of hydrogen-bond acceptors (Lipinski definition) is 4. The van der Waals surface area contributed by atoms with Crippen LogP contribution in [0, 0.1) is 0 Å². The smallest absolute Gasteiger partial charge is 0.178 e. The highest BCUT2D eigenvalue weighted by Crippen LogP contribution is 2.32. The summed E-state index contributed by atoms with van der Waals surface area (Å²) in [5.74, 6) is 1.74. The molecule has 4 nitrogen and oxygen atoms in total. The first kappa shape index (κ1) is 18.3. The van der Waals surface area contributed by atoms with E-state index in [1.54, 1.807) is 26.2 Å². The quantitative estimate of drug-likeness (QED) is 0.784. The minimum Gasteiger partial charge on any atom is -0.497 e. The second-order valence-corrected chi connectivity index (χ2v) is 8.44. The van der Waals surface area contributed by atoms with E-state index in [4.69, 9.17) is 9.47 Å². The van der Waals surface area contributed by atoms with E-state index >= 15 is 0 Å². The Balaban J connectivity index is 1.87. The van der Waals surface area contributed by atoms with Crippen molar-refractivity contribution < 1.29 is 17.9 Å². The minimum atomic E-state index is -3.17. The molecular formula is C21H22O4S. The molecule has 0 aliphatic carbocycles. The second kappa shape index (κ2) is 7.38. The largest absolute Gasteiger partial charge is 0.497 e. The van der Waals surface area contributed by atoms with Gasteiger partial charge in [0.25, 0.3) is 0 Å². The molecule has 1 aliphatic heterocycles. The maximum Gasteiger partial charge on any atom is 0.178 e. The van der Waals surface area contributed by atoms with E-state index in [-0.39, 0.29) is 5.75 Å². The highest BCUT2D eigenvalue weighted by atomic mass is 32.2. The van der Waals surface area contributed by atoms with Crippen LogP contribution >= 0.6 is 0 Å². The Morgan fingerprint density at radius 3 is 2.58 bits per heavy atom. The molecule has 0 bridgehead atoms. The van der Waals surface area contributed by atoms with Gasteiger partial charge in [-0.05, 0) is 60.0 Å². The van der Waals surface area contributed by atoms with Crippen molar-refractivity contribution in [2.24, 2.45) is 0 Å². The molecule has 0 saturated carbocycles. The third kappa shape index (κ3) is 3.83. The second-order valence-electron chi connectivity index (χ2n) is 6.16. The van der Waals surface area contributed by atoms with Gasteiger partial charge in [-0.1, -0.05) is 25.1 Å². The van der Waals surface area contributed by atoms with E-state index in [9.17, 15) is 8.42 Å². The van der Waals surface area contributed by atoms with Gasteiger partial charge in [0.15, 0.2) is 9.84 Å². The van der Waals surface area contributed by atoms with Crippen molar-refractivity contribution in [3.8, 4) is 11.5 Å². The molecule has 0 saturated heterocycles. The number of rotatable bonds is 5. The molecule has 0 fully saturated rings. The molecule has 5 heteroatoms. The fourth-order valence-electron chi connectivity index (χ4n) is 2.79. The Bertz CT molecular complexity index is 968. The van der Waals surface area contributed by atoms with Gasteiger partial charge in [0.05, 0.1) is 17.8 Å². The van der Waals surface area contributed by atoms with Crippen LogP contribution in [0.15, 0.2) is 58.5 Å². The maximum atomic E-state index is 11.9. The lowest BCUT2D eigenvalue weighted by molar-refractivity contribution is 0.347. The lowest BCUT2D eigenvalue weighted by atomic mass is 10.00. The number of methoxy groups -OCH3 is 1. The number of fused-ring (bicyclic) bond motifs is 1. The Morgan fingerprint density at radius 1 is 1.19 bits per heavy atom. The fraction of sp³-hybridized carbons (Fsp3) is 0.238. The van der Waals surface area contributed by atoms with Crippen LogP contribution in [0.3, 0.4) is 0 Å². The molecule has 0 spiro atoms. The van der Waals surface area contributed by atoms with Gasteiger partial charge in [-0.2, -0.15) is 0 Å². The molecule has 136 valence electrons. The van der Waals surface area contributed by atoms with E-state index in [1.165, 1.54) is 0 Å². The Morgan fingerprint density at radius 2 is 1.92 bits per heavy atom. The first-order valence-electron chi connectivity index (χ1n) is 8.46. The summed E-state index contributed by atoms with van der Waals surface area (Å²) in [5, 5.41) is 0. The Hall–Kier alpha value is -2.53. The predicted molar refractivity (Wildman–Crippen MR) is 104 cm³/mol. The highest BCUT2D eigenvalue weighted by molar-refractivity contribution is 7.91. The Kier molecular flexibility index (Phi) is 5.18. The molecule has 2 aromatic rings. The van der Waals surface area contributed by atoms with Gasteiger partial charge in [-0.15, -0.1) is 0 Å². The summed E-state index contributed by atoms with van der Waals surface area (Å²) in [6.07, 6.45) is 4.13. The van der Waals surface area contributed by atoms with Crippen molar-refractivity contribution in [2.45, 2.75) is 18.7 Å². The molecule has 0 amide bonds. The number of sulfone groups is 1. The molecular weight excluding hydrogens is 348 g/mol. The molecule has 0 aromatic heterocycles. The van der Waals surface area contributed by atoms with Crippen molar-refractivity contribution in [1.29, 1.82) is 0 Å². The third-order valence-corrected chi connectivity index (χ3v) is 6.19. The zero-order chi connectivity index (χ0) is 18.7. The lowest BCUT2D eigenvalue weighted by Gasteiger charge is -2.19. The minimum absolute atomic E-state index is 0.105. The maximum absolute atomic E-state index is 11.9. The van der Waals surface area contributed by atoms with Gasteiger partial charge in [-0.25, -0.2) is 8.42 Å². The number of hydrogen-bond donors (Lipinski definition) is 0. The van der Waals surface area contributed by atoms with Crippen LogP contribution in [-0.2, 0) is 9.84 Å². The van der Waals surface area contributed by atoms with Gasteiger partial charge in [0, 0.05) is 5.56 Å². The predicted octanol–water partition coefficient (Wildman–Crippen LogP) is 4.37. The van der Waals surface area contributed by atoms with Crippen molar-refractivity contribution in [3.63, 3.8) is 0 Å². The first-order valence-corrected chi connectivity index (χ1v) is 10.1. The van der Waals surface area contributed by atoms with Gasteiger partial charge < -0.3 is 9.47 Å². The van der Waals surface area contributed by atoms with Crippen molar-refractivity contribution in [3.05, 3.63) is 64.7 Å². The highest BCUT2D eigenvalue weighted by Gasteiger charge is 2.14. The summed E-state index contributed by atoms with van der Waals surface area (Å²) in [5.41, 5.74) is 4.10. The summed E-state index contributed by atoms with van der Waals surface area (Å²) in [6.45, 7) is 4.18. The number of ether oxygens (including phenoxy) is 2. The average Bonchev–Trinajstić information content (AvgIpc) is 2.67. The fourth-order valence-corrected chi connectivity index (χ4v) is 3.68. The van der Waals surface area contributed by atoms with Gasteiger partial charge in [-0.3, -0.25) is 0 Å². The zero-order valence-corrected chi connectivity index (χ0v) is 16.0. The first-order chi connectivity index (χ1) is 12.4. The molecule has 0 radical (unpaired) electrons. The molecule has 1 heterocycles. The standard InChI is InChI=1S/C21H22O4S/c1-4-26(22,23)20-8-5-16(6-9-20)11-15(2)18-12-17-13-19(24-3)7-10-21(17)25-14-18/h5-13H,4,14H2,1-3H3. The Labute approximate surface area is 154 Å². The van der Waals surface area contributed by atoms with Gasteiger partial charge in [0.1, 0.15) is 18.1 Å². The zero-order valence-electron chi connectivity index (χ0n) is 15.2. The normalized spacial score (nSPS) is 14.3. The molecule has 0 atom stereocenters. The van der Waals surface area contributed by atoms with Crippen LogP contribution in [0.5, 0.6) is 11.5 Å². The van der Waals surface area contributed by atoms with Gasteiger partial charge >= 0.3 is 0 Å². The van der Waals surface area contributed by atoms with Crippen molar-refractivity contribution in [2.75, 3.05) is 19.5 Å². The molecule has 0 N–H and O–H groups in total. The van der Waals surface area contributed by atoms with Crippen LogP contribution in [0.2, 0.25) is 0 Å². The average molecular weight is 370 g/mol. The summed E-state index contributed by atoms with van der Waals surface area (Å²) in [7, 11) is -1.53. The number of benzene rings is 2. The molecule has 26 heavy (non-hydrogen) atoms. The van der Waals surface area contributed by atoms with E-state index in [2.05, 4.69) is 6.08 Å². The summed E-state index contributed by atoms with van der Waals surface area (Å²) in [6, 6.07) is 12.7.